The number of aromatic nitrogens is 2. The molecule has 0 aliphatic heterocycles. The maximum atomic E-state index is 12.6. The van der Waals surface area contributed by atoms with Gasteiger partial charge < -0.3 is 9.72 Å². The Labute approximate surface area is 154 Å². The molecule has 0 aliphatic rings. The molecule has 3 rings (SSSR count). The molecule has 1 heterocycles. The van der Waals surface area contributed by atoms with Crippen LogP contribution in [0.5, 0.6) is 5.75 Å². The maximum Gasteiger partial charge on any atom is 0.434 e. The van der Waals surface area contributed by atoms with Gasteiger partial charge in [0.2, 0.25) is 0 Å². The Morgan fingerprint density at radius 2 is 1.84 bits per heavy atom. The second-order valence-electron chi connectivity index (χ2n) is 5.19. The molecule has 0 atom stereocenters. The van der Waals surface area contributed by atoms with Crippen molar-refractivity contribution in [2.24, 2.45) is 0 Å². The Bertz CT molecular complexity index is 878. The summed E-state index contributed by atoms with van der Waals surface area (Å²) < 4.78 is 44.2. The zero-order chi connectivity index (χ0) is 18.0. The van der Waals surface area contributed by atoms with Crippen molar-refractivity contribution in [2.75, 3.05) is 0 Å². The van der Waals surface area contributed by atoms with Crippen LogP contribution in [-0.2, 0) is 12.8 Å². The van der Waals surface area contributed by atoms with Gasteiger partial charge in [-0.05, 0) is 51.8 Å². The molecule has 0 saturated heterocycles. The van der Waals surface area contributed by atoms with Crippen LogP contribution in [0.2, 0.25) is 5.02 Å². The quantitative estimate of drug-likeness (QED) is 0.543. The first-order chi connectivity index (χ1) is 11.8. The summed E-state index contributed by atoms with van der Waals surface area (Å²) >= 11 is 9.17. The van der Waals surface area contributed by atoms with Crippen molar-refractivity contribution in [1.29, 1.82) is 0 Å². The molecule has 0 radical (unpaired) electrons. The number of ether oxygens (including phenoxy) is 1. The van der Waals surface area contributed by atoms with Gasteiger partial charge in [-0.2, -0.15) is 13.2 Å². The highest BCUT2D eigenvalue weighted by atomic mass is 79.9. The van der Waals surface area contributed by atoms with E-state index in [-0.39, 0.29) is 5.82 Å². The molecule has 3 aromatic rings. The zero-order valence-electron chi connectivity index (χ0n) is 12.6. The van der Waals surface area contributed by atoms with Crippen molar-refractivity contribution in [3.05, 3.63) is 69.4 Å². The van der Waals surface area contributed by atoms with Gasteiger partial charge >= 0.3 is 6.18 Å². The molecule has 0 amide bonds. The van der Waals surface area contributed by atoms with Crippen LogP contribution < -0.4 is 4.74 Å². The van der Waals surface area contributed by atoms with E-state index < -0.39 is 11.9 Å². The lowest BCUT2D eigenvalue weighted by Crippen LogP contribution is -2.04. The number of hydrogen-bond donors (Lipinski definition) is 1. The van der Waals surface area contributed by atoms with Crippen molar-refractivity contribution in [3.8, 4) is 17.1 Å². The fourth-order valence-electron chi connectivity index (χ4n) is 2.13. The summed E-state index contributed by atoms with van der Waals surface area (Å²) in [7, 11) is 0. The van der Waals surface area contributed by atoms with Gasteiger partial charge in [-0.25, -0.2) is 4.98 Å². The van der Waals surface area contributed by atoms with Crippen molar-refractivity contribution in [2.45, 2.75) is 12.8 Å². The number of rotatable bonds is 4. The Morgan fingerprint density at radius 1 is 1.12 bits per heavy atom. The topological polar surface area (TPSA) is 37.9 Å². The summed E-state index contributed by atoms with van der Waals surface area (Å²) in [5, 5.41) is 0.646. The van der Waals surface area contributed by atoms with Crippen LogP contribution in [0.25, 0.3) is 11.4 Å². The van der Waals surface area contributed by atoms with Gasteiger partial charge in [-0.1, -0.05) is 23.7 Å². The van der Waals surface area contributed by atoms with Gasteiger partial charge in [-0.15, -0.1) is 0 Å². The summed E-state index contributed by atoms with van der Waals surface area (Å²) in [5.41, 5.74) is 0.497. The lowest BCUT2D eigenvalue weighted by molar-refractivity contribution is -0.140. The summed E-state index contributed by atoms with van der Waals surface area (Å²) in [6.45, 7) is 0.349. The van der Waals surface area contributed by atoms with E-state index in [0.29, 0.717) is 27.4 Å². The van der Waals surface area contributed by atoms with Gasteiger partial charge in [0.25, 0.3) is 0 Å². The van der Waals surface area contributed by atoms with Crippen LogP contribution in [0.4, 0.5) is 13.2 Å². The molecule has 130 valence electrons. The van der Waals surface area contributed by atoms with Gasteiger partial charge in [0.15, 0.2) is 5.69 Å². The lowest BCUT2D eigenvalue weighted by Gasteiger charge is -2.09. The monoisotopic (exact) mass is 430 g/mol. The molecule has 3 nitrogen and oxygen atoms in total. The molecule has 2 aromatic carbocycles. The van der Waals surface area contributed by atoms with Crippen molar-refractivity contribution in [3.63, 3.8) is 0 Å². The molecule has 0 aliphatic carbocycles. The second kappa shape index (κ2) is 7.09. The Morgan fingerprint density at radius 3 is 2.44 bits per heavy atom. The molecule has 1 aromatic heterocycles. The molecule has 0 saturated carbocycles. The molecule has 0 unspecified atom stereocenters. The van der Waals surface area contributed by atoms with E-state index >= 15 is 0 Å². The van der Waals surface area contributed by atoms with E-state index in [9.17, 15) is 13.2 Å². The first-order valence-corrected chi connectivity index (χ1v) is 8.30. The van der Waals surface area contributed by atoms with Crippen molar-refractivity contribution < 1.29 is 17.9 Å². The van der Waals surface area contributed by atoms with E-state index in [1.54, 1.807) is 30.3 Å². The van der Waals surface area contributed by atoms with Crippen LogP contribution in [0.15, 0.2) is 53.1 Å². The standard InChI is InChI=1S/C17H11BrClF3N2O/c18-14-7-12(25-9-10-1-3-11(19)4-2-10)5-6-13(14)16-23-8-15(24-16)17(20,21)22/h1-8H,9H2,(H,23,24). The third-order valence-corrected chi connectivity index (χ3v) is 4.29. The first kappa shape index (κ1) is 17.8. The van der Waals surface area contributed by atoms with Crippen LogP contribution in [0, 0.1) is 0 Å². The van der Waals surface area contributed by atoms with E-state index in [2.05, 4.69) is 25.9 Å². The second-order valence-corrected chi connectivity index (χ2v) is 6.48. The number of alkyl halides is 3. The lowest BCUT2D eigenvalue weighted by atomic mass is 10.2. The largest absolute Gasteiger partial charge is 0.489 e. The predicted molar refractivity (Wildman–Crippen MR) is 92.5 cm³/mol. The molecule has 0 fully saturated rings. The molecule has 25 heavy (non-hydrogen) atoms. The number of nitrogens with one attached hydrogen (secondary N) is 1. The van der Waals surface area contributed by atoms with Gasteiger partial charge in [0.1, 0.15) is 18.2 Å². The minimum absolute atomic E-state index is 0.128. The van der Waals surface area contributed by atoms with E-state index in [1.807, 2.05) is 12.1 Å². The average Bonchev–Trinajstić information content (AvgIpc) is 3.04. The fourth-order valence-corrected chi connectivity index (χ4v) is 2.80. The molecular formula is C17H11BrClF3N2O. The third kappa shape index (κ3) is 4.35. The minimum Gasteiger partial charge on any atom is -0.489 e. The van der Waals surface area contributed by atoms with Crippen molar-refractivity contribution >= 4 is 27.5 Å². The number of H-pyrrole nitrogens is 1. The summed E-state index contributed by atoms with van der Waals surface area (Å²) in [6.07, 6.45) is -3.64. The normalized spacial score (nSPS) is 11.6. The number of nitrogens with zero attached hydrogens (tertiary/aromatic N) is 1. The Kier molecular flexibility index (Phi) is 5.06. The smallest absolute Gasteiger partial charge is 0.434 e. The van der Waals surface area contributed by atoms with Crippen LogP contribution in [0.1, 0.15) is 11.3 Å². The third-order valence-electron chi connectivity index (χ3n) is 3.38. The first-order valence-electron chi connectivity index (χ1n) is 7.13. The van der Waals surface area contributed by atoms with Gasteiger partial charge in [0.05, 0.1) is 0 Å². The van der Waals surface area contributed by atoms with E-state index in [0.717, 1.165) is 11.8 Å². The summed E-state index contributed by atoms with van der Waals surface area (Å²) in [4.78, 5) is 6.12. The Balaban J connectivity index is 1.74. The highest BCUT2D eigenvalue weighted by Crippen LogP contribution is 2.33. The van der Waals surface area contributed by atoms with Gasteiger partial charge in [0, 0.05) is 21.3 Å². The summed E-state index contributed by atoms with van der Waals surface area (Å²) in [5.74, 6) is 0.705. The van der Waals surface area contributed by atoms with E-state index in [4.69, 9.17) is 16.3 Å². The molecule has 0 bridgehead atoms. The average molecular weight is 432 g/mol. The zero-order valence-corrected chi connectivity index (χ0v) is 14.9. The van der Waals surface area contributed by atoms with Crippen LogP contribution >= 0.6 is 27.5 Å². The van der Waals surface area contributed by atoms with Crippen LogP contribution in [-0.4, -0.2) is 9.97 Å². The number of benzene rings is 2. The molecule has 1 N–H and O–H groups in total. The number of imidazole rings is 1. The molecule has 0 spiro atoms. The van der Waals surface area contributed by atoms with Gasteiger partial charge in [-0.3, -0.25) is 0 Å². The number of halogens is 5. The maximum absolute atomic E-state index is 12.6. The van der Waals surface area contributed by atoms with Crippen molar-refractivity contribution in [1.82, 2.24) is 9.97 Å². The highest BCUT2D eigenvalue weighted by molar-refractivity contribution is 9.10. The molecular weight excluding hydrogens is 421 g/mol. The van der Waals surface area contributed by atoms with Crippen LogP contribution in [0.3, 0.4) is 0 Å². The minimum atomic E-state index is -4.48. The Hall–Kier alpha value is -1.99. The van der Waals surface area contributed by atoms with E-state index in [1.165, 1.54) is 0 Å². The SMILES string of the molecule is FC(F)(F)c1c[nH]c(-c2ccc(OCc3ccc(Cl)cc3)cc2Br)n1. The number of hydrogen-bond acceptors (Lipinski definition) is 2. The number of aromatic amines is 1. The summed E-state index contributed by atoms with van der Waals surface area (Å²) in [6, 6.07) is 12.2. The molecule has 8 heteroatoms. The fraction of sp³-hybridized carbons (Fsp3) is 0.118. The predicted octanol–water partition coefficient (Wildman–Crippen LogP) is 6.09. The highest BCUT2D eigenvalue weighted by Gasteiger charge is 2.33.